The van der Waals surface area contributed by atoms with Crippen molar-refractivity contribution in [2.75, 3.05) is 32.9 Å². The van der Waals surface area contributed by atoms with Crippen LogP contribution in [-0.2, 0) is 0 Å². The van der Waals surface area contributed by atoms with Gasteiger partial charge in [-0.3, -0.25) is 4.90 Å². The fourth-order valence-corrected chi connectivity index (χ4v) is 4.46. The molecule has 0 radical (unpaired) electrons. The fraction of sp³-hybridized carbons (Fsp3) is 0.296. The summed E-state index contributed by atoms with van der Waals surface area (Å²) in [6.07, 6.45) is 0. The lowest BCUT2D eigenvalue weighted by Gasteiger charge is -2.39. The number of urea groups is 1. The Balaban J connectivity index is 1.33. The van der Waals surface area contributed by atoms with Crippen LogP contribution < -0.4 is 10.1 Å². The third kappa shape index (κ3) is 5.67. The van der Waals surface area contributed by atoms with Crippen molar-refractivity contribution < 1.29 is 9.53 Å². The zero-order valence-electron chi connectivity index (χ0n) is 19.1. The Morgan fingerprint density at radius 3 is 1.94 bits per heavy atom. The summed E-state index contributed by atoms with van der Waals surface area (Å²) < 4.78 is 5.73. The first-order chi connectivity index (χ1) is 16.0. The van der Waals surface area contributed by atoms with Crippen LogP contribution in [0.2, 0.25) is 5.02 Å². The number of carbonyl (C=O) groups is 1. The molecule has 1 saturated heterocycles. The third-order valence-corrected chi connectivity index (χ3v) is 6.67. The van der Waals surface area contributed by atoms with Gasteiger partial charge >= 0.3 is 6.03 Å². The Bertz CT molecular complexity index is 1000. The molecule has 1 N–H and O–H groups in total. The number of hydrogen-bond acceptors (Lipinski definition) is 3. The predicted octanol–water partition coefficient (Wildman–Crippen LogP) is 5.41. The molecule has 5 nitrogen and oxygen atoms in total. The molecule has 1 aliphatic rings. The molecule has 1 fully saturated rings. The van der Waals surface area contributed by atoms with Crippen LogP contribution in [0.15, 0.2) is 72.8 Å². The van der Waals surface area contributed by atoms with Gasteiger partial charge in [0, 0.05) is 31.2 Å². The zero-order valence-corrected chi connectivity index (χ0v) is 19.9. The van der Waals surface area contributed by atoms with Crippen molar-refractivity contribution in [3.05, 3.63) is 100 Å². The second-order valence-corrected chi connectivity index (χ2v) is 8.77. The van der Waals surface area contributed by atoms with Crippen molar-refractivity contribution in [3.63, 3.8) is 0 Å². The van der Waals surface area contributed by atoms with Crippen LogP contribution in [-0.4, -0.2) is 48.7 Å². The van der Waals surface area contributed by atoms with Crippen molar-refractivity contribution in [1.82, 2.24) is 15.1 Å². The van der Waals surface area contributed by atoms with Crippen LogP contribution in [0.25, 0.3) is 0 Å². The van der Waals surface area contributed by atoms with Crippen LogP contribution in [0.5, 0.6) is 5.75 Å². The Labute approximate surface area is 200 Å². The number of halogens is 1. The first kappa shape index (κ1) is 23.1. The zero-order chi connectivity index (χ0) is 23.2. The Morgan fingerprint density at radius 2 is 1.42 bits per heavy atom. The number of amides is 2. The van der Waals surface area contributed by atoms with Crippen molar-refractivity contribution >= 4 is 17.6 Å². The van der Waals surface area contributed by atoms with Gasteiger partial charge in [-0.05, 0) is 48.2 Å². The highest BCUT2D eigenvalue weighted by Crippen LogP contribution is 2.29. The number of piperazine rings is 1. The van der Waals surface area contributed by atoms with Gasteiger partial charge in [0.25, 0.3) is 0 Å². The quantitative estimate of drug-likeness (QED) is 0.497. The average molecular weight is 464 g/mol. The van der Waals surface area contributed by atoms with Crippen LogP contribution in [0.4, 0.5) is 4.79 Å². The van der Waals surface area contributed by atoms with Crippen LogP contribution in [0.1, 0.15) is 28.3 Å². The first-order valence-corrected chi connectivity index (χ1v) is 11.7. The molecule has 0 bridgehead atoms. The lowest BCUT2D eigenvalue weighted by Crippen LogP contribution is -2.53. The van der Waals surface area contributed by atoms with Gasteiger partial charge in [0.1, 0.15) is 5.75 Å². The molecular formula is C27H30ClN3O2. The smallest absolute Gasteiger partial charge is 0.320 e. The highest BCUT2D eigenvalue weighted by atomic mass is 35.5. The first-order valence-electron chi connectivity index (χ1n) is 11.3. The number of carbonyl (C=O) groups excluding carboxylic acids is 1. The van der Waals surface area contributed by atoms with Gasteiger partial charge in [0.05, 0.1) is 6.04 Å². The van der Waals surface area contributed by atoms with Gasteiger partial charge in [-0.1, -0.05) is 72.3 Å². The molecule has 0 aromatic heterocycles. The summed E-state index contributed by atoms with van der Waals surface area (Å²) in [5.74, 6) is 0.702. The summed E-state index contributed by atoms with van der Waals surface area (Å²) in [6.45, 7) is 6.95. The predicted molar refractivity (Wildman–Crippen MR) is 133 cm³/mol. The highest BCUT2D eigenvalue weighted by molar-refractivity contribution is 6.32. The molecule has 1 aliphatic heterocycles. The molecule has 0 aliphatic carbocycles. The molecule has 0 spiro atoms. The van der Waals surface area contributed by atoms with E-state index in [1.165, 1.54) is 11.1 Å². The Kier molecular flexibility index (Phi) is 7.53. The van der Waals surface area contributed by atoms with E-state index in [0.29, 0.717) is 18.8 Å². The number of hydrogen-bond donors (Lipinski definition) is 1. The molecule has 2 amide bonds. The van der Waals surface area contributed by atoms with Crippen molar-refractivity contribution in [3.8, 4) is 5.75 Å². The van der Waals surface area contributed by atoms with Gasteiger partial charge in [-0.2, -0.15) is 0 Å². The minimum absolute atomic E-state index is 0.104. The van der Waals surface area contributed by atoms with Crippen LogP contribution >= 0.6 is 11.6 Å². The van der Waals surface area contributed by atoms with Crippen LogP contribution in [0.3, 0.4) is 0 Å². The largest absolute Gasteiger partial charge is 0.473 e. The van der Waals surface area contributed by atoms with E-state index in [1.54, 1.807) is 0 Å². The molecule has 0 saturated carbocycles. The topological polar surface area (TPSA) is 44.8 Å². The van der Waals surface area contributed by atoms with Crippen molar-refractivity contribution in [1.29, 1.82) is 0 Å². The molecular weight excluding hydrogens is 434 g/mol. The molecule has 6 heteroatoms. The lowest BCUT2D eigenvalue weighted by molar-refractivity contribution is 0.116. The highest BCUT2D eigenvalue weighted by Gasteiger charge is 2.28. The standard InChI is InChI=1S/C27H30ClN3O2/c1-20-17-24(18-21(2)25(20)28)33-19-29-27(32)31-15-13-30(14-16-31)26(22-9-5-3-6-10-22)23-11-7-4-8-12-23/h3-12,17-18,26H,13-16,19H2,1-2H3,(H,29,32). The van der Waals surface area contributed by atoms with Crippen LogP contribution in [0, 0.1) is 13.8 Å². The summed E-state index contributed by atoms with van der Waals surface area (Å²) in [4.78, 5) is 17.0. The van der Waals surface area contributed by atoms with E-state index in [-0.39, 0.29) is 18.8 Å². The normalized spacial score (nSPS) is 14.4. The summed E-state index contributed by atoms with van der Waals surface area (Å²) in [7, 11) is 0. The number of benzene rings is 3. The Hall–Kier alpha value is -3.02. The van der Waals surface area contributed by atoms with E-state index in [0.717, 1.165) is 29.2 Å². The Morgan fingerprint density at radius 1 is 0.909 bits per heavy atom. The summed E-state index contributed by atoms with van der Waals surface area (Å²) in [5, 5.41) is 3.62. The maximum atomic E-state index is 12.7. The van der Waals surface area contributed by atoms with E-state index < -0.39 is 0 Å². The number of nitrogens with one attached hydrogen (secondary N) is 1. The van der Waals surface area contributed by atoms with Gasteiger partial charge < -0.3 is 15.0 Å². The number of ether oxygens (including phenoxy) is 1. The minimum Gasteiger partial charge on any atom is -0.473 e. The number of nitrogens with zero attached hydrogens (tertiary/aromatic N) is 2. The van der Waals surface area contributed by atoms with Crippen molar-refractivity contribution in [2.45, 2.75) is 19.9 Å². The second-order valence-electron chi connectivity index (χ2n) is 8.39. The molecule has 0 unspecified atom stereocenters. The SMILES string of the molecule is Cc1cc(OCNC(=O)N2CCN(C(c3ccccc3)c3ccccc3)CC2)cc(C)c1Cl. The molecule has 3 aromatic carbocycles. The molecule has 4 rings (SSSR count). The molecule has 1 heterocycles. The lowest BCUT2D eigenvalue weighted by atomic mass is 9.96. The van der Waals surface area contributed by atoms with Gasteiger partial charge in [0.15, 0.2) is 6.73 Å². The van der Waals surface area contributed by atoms with E-state index in [2.05, 4.69) is 58.7 Å². The molecule has 172 valence electrons. The van der Waals surface area contributed by atoms with E-state index in [9.17, 15) is 4.79 Å². The van der Waals surface area contributed by atoms with E-state index in [1.807, 2.05) is 43.0 Å². The third-order valence-electron chi connectivity index (χ3n) is 6.07. The average Bonchev–Trinajstić information content (AvgIpc) is 2.84. The fourth-order valence-electron chi connectivity index (χ4n) is 4.35. The molecule has 0 atom stereocenters. The number of rotatable bonds is 6. The van der Waals surface area contributed by atoms with Gasteiger partial charge in [-0.15, -0.1) is 0 Å². The van der Waals surface area contributed by atoms with Gasteiger partial charge in [0.2, 0.25) is 0 Å². The van der Waals surface area contributed by atoms with Gasteiger partial charge in [-0.25, -0.2) is 4.79 Å². The van der Waals surface area contributed by atoms with E-state index in [4.69, 9.17) is 16.3 Å². The monoisotopic (exact) mass is 463 g/mol. The second kappa shape index (κ2) is 10.7. The van der Waals surface area contributed by atoms with Crippen molar-refractivity contribution in [2.24, 2.45) is 0 Å². The minimum atomic E-state index is -0.104. The maximum Gasteiger partial charge on any atom is 0.320 e. The maximum absolute atomic E-state index is 12.7. The molecule has 33 heavy (non-hydrogen) atoms. The number of aryl methyl sites for hydroxylation is 2. The molecule has 3 aromatic rings. The summed E-state index contributed by atoms with van der Waals surface area (Å²) in [5.41, 5.74) is 4.45. The van der Waals surface area contributed by atoms with E-state index >= 15 is 0 Å². The summed E-state index contributed by atoms with van der Waals surface area (Å²) >= 11 is 6.21. The summed E-state index contributed by atoms with van der Waals surface area (Å²) in [6, 6.07) is 25.0.